The normalized spacial score (nSPS) is 11.1. The van der Waals surface area contributed by atoms with Gasteiger partial charge in [0.25, 0.3) is 11.5 Å². The van der Waals surface area contributed by atoms with Gasteiger partial charge in [0.15, 0.2) is 5.65 Å². The molecule has 96 valence electrons. The third kappa shape index (κ3) is 1.50. The van der Waals surface area contributed by atoms with Gasteiger partial charge in [0.2, 0.25) is 0 Å². The number of aromatic amines is 1. The van der Waals surface area contributed by atoms with Gasteiger partial charge in [0.05, 0.1) is 16.6 Å². The van der Waals surface area contributed by atoms with E-state index in [1.807, 2.05) is 0 Å². The first-order chi connectivity index (χ1) is 9.13. The van der Waals surface area contributed by atoms with Crippen LogP contribution < -0.4 is 16.8 Å². The zero-order valence-corrected chi connectivity index (χ0v) is 9.97. The number of hydrogen-bond donors (Lipinski definition) is 3. The highest BCUT2D eigenvalue weighted by atomic mass is 16.2. The van der Waals surface area contributed by atoms with E-state index < -0.39 is 5.91 Å². The van der Waals surface area contributed by atoms with E-state index >= 15 is 0 Å². The average molecular weight is 258 g/mol. The summed E-state index contributed by atoms with van der Waals surface area (Å²) in [5.41, 5.74) is 3.52. The van der Waals surface area contributed by atoms with Crippen LogP contribution in [0.1, 0.15) is 16.1 Å². The first kappa shape index (κ1) is 11.4. The molecule has 0 saturated carbocycles. The molecule has 3 aromatic heterocycles. The second-order valence-electron chi connectivity index (χ2n) is 4.03. The number of rotatable bonds is 1. The molecular formula is C11H10N6O2. The van der Waals surface area contributed by atoms with Gasteiger partial charge in [-0.25, -0.2) is 15.3 Å². The number of hydrazine groups is 1. The maximum absolute atomic E-state index is 11.7. The van der Waals surface area contributed by atoms with Gasteiger partial charge in [-0.05, 0) is 13.0 Å². The van der Waals surface area contributed by atoms with E-state index in [4.69, 9.17) is 5.84 Å². The Hall–Kier alpha value is -2.74. The van der Waals surface area contributed by atoms with E-state index in [1.165, 1.54) is 16.9 Å². The molecule has 0 fully saturated rings. The summed E-state index contributed by atoms with van der Waals surface area (Å²) in [5, 5.41) is 4.64. The standard InChI is InChI=1S/C11H10N6O2/c1-5-8(11(19)15-12)9-14-4-6-7(17(9)16-5)2-3-13-10(6)18/h2-4H,12H2,1H3,(H,13,18)(H,15,19). The van der Waals surface area contributed by atoms with Crippen LogP contribution in [-0.4, -0.2) is 25.5 Å². The molecule has 1 amide bonds. The van der Waals surface area contributed by atoms with Gasteiger partial charge in [0.1, 0.15) is 5.56 Å². The minimum Gasteiger partial charge on any atom is -0.328 e. The molecule has 0 saturated heterocycles. The van der Waals surface area contributed by atoms with Gasteiger partial charge in [-0.1, -0.05) is 0 Å². The van der Waals surface area contributed by atoms with Gasteiger partial charge in [-0.2, -0.15) is 5.10 Å². The number of H-pyrrole nitrogens is 1. The minimum absolute atomic E-state index is 0.259. The van der Waals surface area contributed by atoms with Crippen molar-refractivity contribution in [3.05, 3.63) is 40.1 Å². The van der Waals surface area contributed by atoms with Crippen LogP contribution in [0.15, 0.2) is 23.3 Å². The molecule has 3 aromatic rings. The zero-order chi connectivity index (χ0) is 13.6. The van der Waals surface area contributed by atoms with Crippen LogP contribution in [0.3, 0.4) is 0 Å². The van der Waals surface area contributed by atoms with Crippen molar-refractivity contribution < 1.29 is 4.79 Å². The van der Waals surface area contributed by atoms with Crippen LogP contribution in [0, 0.1) is 6.92 Å². The summed E-state index contributed by atoms with van der Waals surface area (Å²) in [6.45, 7) is 1.68. The van der Waals surface area contributed by atoms with Crippen molar-refractivity contribution >= 4 is 22.5 Å². The third-order valence-electron chi connectivity index (χ3n) is 2.91. The topological polar surface area (TPSA) is 118 Å². The van der Waals surface area contributed by atoms with Crippen molar-refractivity contribution in [2.75, 3.05) is 0 Å². The van der Waals surface area contributed by atoms with E-state index in [0.29, 0.717) is 27.8 Å². The minimum atomic E-state index is -0.468. The summed E-state index contributed by atoms with van der Waals surface area (Å²) in [4.78, 5) is 30.1. The van der Waals surface area contributed by atoms with Crippen molar-refractivity contribution in [3.8, 4) is 0 Å². The fraction of sp³-hybridized carbons (Fsp3) is 0.0909. The summed E-state index contributed by atoms with van der Waals surface area (Å²) in [5.74, 6) is 4.67. The molecule has 0 bridgehead atoms. The average Bonchev–Trinajstić information content (AvgIpc) is 2.75. The fourth-order valence-corrected chi connectivity index (χ4v) is 2.06. The van der Waals surface area contributed by atoms with Crippen LogP contribution in [0.5, 0.6) is 0 Å². The molecule has 0 aliphatic carbocycles. The van der Waals surface area contributed by atoms with Crippen LogP contribution in [-0.2, 0) is 0 Å². The van der Waals surface area contributed by atoms with Gasteiger partial charge in [-0.3, -0.25) is 15.0 Å². The number of nitrogens with one attached hydrogen (secondary N) is 2. The lowest BCUT2D eigenvalue weighted by Gasteiger charge is -2.00. The molecule has 0 radical (unpaired) electrons. The molecule has 0 aliphatic rings. The molecule has 0 atom stereocenters. The lowest BCUT2D eigenvalue weighted by Crippen LogP contribution is -2.30. The maximum Gasteiger partial charge on any atom is 0.270 e. The van der Waals surface area contributed by atoms with Crippen LogP contribution in [0.4, 0.5) is 0 Å². The van der Waals surface area contributed by atoms with Crippen molar-refractivity contribution in [2.24, 2.45) is 5.84 Å². The lowest BCUT2D eigenvalue weighted by atomic mass is 10.2. The van der Waals surface area contributed by atoms with Crippen molar-refractivity contribution in [2.45, 2.75) is 6.92 Å². The van der Waals surface area contributed by atoms with Crippen LogP contribution in [0.2, 0.25) is 0 Å². The van der Waals surface area contributed by atoms with Crippen molar-refractivity contribution in [1.82, 2.24) is 25.0 Å². The molecule has 8 nitrogen and oxygen atoms in total. The second-order valence-corrected chi connectivity index (χ2v) is 4.03. The molecule has 8 heteroatoms. The number of pyridine rings is 1. The molecule has 3 heterocycles. The Morgan fingerprint density at radius 3 is 3.05 bits per heavy atom. The van der Waals surface area contributed by atoms with Crippen molar-refractivity contribution in [1.29, 1.82) is 0 Å². The third-order valence-corrected chi connectivity index (χ3v) is 2.91. The molecule has 0 aliphatic heterocycles. The smallest absolute Gasteiger partial charge is 0.270 e. The Balaban J connectivity index is 2.49. The zero-order valence-electron chi connectivity index (χ0n) is 9.97. The van der Waals surface area contributed by atoms with E-state index in [0.717, 1.165) is 0 Å². The molecule has 0 spiro atoms. The number of hydrogen-bond acceptors (Lipinski definition) is 5. The number of nitrogens with two attached hydrogens (primary N) is 1. The molecule has 3 rings (SSSR count). The Morgan fingerprint density at radius 2 is 2.32 bits per heavy atom. The summed E-state index contributed by atoms with van der Waals surface area (Å²) >= 11 is 0. The lowest BCUT2D eigenvalue weighted by molar-refractivity contribution is 0.0954. The number of nitrogens with zero attached hydrogens (tertiary/aromatic N) is 3. The van der Waals surface area contributed by atoms with E-state index in [1.54, 1.807) is 13.0 Å². The van der Waals surface area contributed by atoms with E-state index in [2.05, 4.69) is 20.5 Å². The summed E-state index contributed by atoms with van der Waals surface area (Å²) in [6.07, 6.45) is 2.93. The first-order valence-electron chi connectivity index (χ1n) is 5.50. The molecule has 0 aromatic carbocycles. The Kier molecular flexibility index (Phi) is 2.32. The Bertz CT molecular complexity index is 863. The summed E-state index contributed by atoms with van der Waals surface area (Å²) < 4.78 is 1.46. The number of aryl methyl sites for hydroxylation is 1. The molecule has 19 heavy (non-hydrogen) atoms. The Morgan fingerprint density at radius 1 is 1.53 bits per heavy atom. The fourth-order valence-electron chi connectivity index (χ4n) is 2.06. The second kappa shape index (κ2) is 3.89. The Labute approximate surface area is 106 Å². The summed E-state index contributed by atoms with van der Waals surface area (Å²) in [7, 11) is 0. The highest BCUT2D eigenvalue weighted by Crippen LogP contribution is 2.17. The van der Waals surface area contributed by atoms with Gasteiger partial charge in [-0.15, -0.1) is 0 Å². The number of nitrogen functional groups attached to an aromatic ring is 1. The maximum atomic E-state index is 11.7. The number of aromatic nitrogens is 4. The number of fused-ring (bicyclic) bond motifs is 3. The van der Waals surface area contributed by atoms with E-state index in [9.17, 15) is 9.59 Å². The van der Waals surface area contributed by atoms with Crippen LogP contribution >= 0.6 is 0 Å². The SMILES string of the molecule is Cc1nn2c(ncc3c(=O)[nH]ccc32)c1C(=O)NN. The van der Waals surface area contributed by atoms with Gasteiger partial charge >= 0.3 is 0 Å². The predicted octanol–water partition coefficient (Wildman–Crippen LogP) is -0.517. The largest absolute Gasteiger partial charge is 0.328 e. The molecular weight excluding hydrogens is 248 g/mol. The quantitative estimate of drug-likeness (QED) is 0.308. The molecule has 4 N–H and O–H groups in total. The van der Waals surface area contributed by atoms with E-state index in [-0.39, 0.29) is 5.56 Å². The predicted molar refractivity (Wildman–Crippen MR) is 67.5 cm³/mol. The highest BCUT2D eigenvalue weighted by Gasteiger charge is 2.19. The van der Waals surface area contributed by atoms with Gasteiger partial charge in [0, 0.05) is 12.4 Å². The summed E-state index contributed by atoms with van der Waals surface area (Å²) in [6, 6.07) is 1.70. The van der Waals surface area contributed by atoms with Crippen molar-refractivity contribution in [3.63, 3.8) is 0 Å². The number of carbonyl (C=O) groups is 1. The monoisotopic (exact) mass is 258 g/mol. The highest BCUT2D eigenvalue weighted by molar-refractivity contribution is 6.01. The van der Waals surface area contributed by atoms with Gasteiger partial charge < -0.3 is 4.98 Å². The number of amides is 1. The molecule has 0 unspecified atom stereocenters. The van der Waals surface area contributed by atoms with Crippen LogP contribution in [0.25, 0.3) is 16.6 Å². The number of carbonyl (C=O) groups excluding carboxylic acids is 1. The first-order valence-corrected chi connectivity index (χ1v) is 5.50.